The third kappa shape index (κ3) is 48.0. The molecule has 0 amide bonds. The first-order chi connectivity index (χ1) is 30.0. The molecule has 0 aliphatic rings. The smallest absolute Gasteiger partial charge is 0.306 e. The van der Waals surface area contributed by atoms with Gasteiger partial charge in [-0.1, -0.05) is 210 Å². The van der Waals surface area contributed by atoms with Crippen LogP contribution >= 0.6 is 0 Å². The molecular formula is C55H96O6. The molecule has 6 nitrogen and oxygen atoms in total. The Labute approximate surface area is 377 Å². The number of hydrogen-bond donors (Lipinski definition) is 0. The van der Waals surface area contributed by atoms with Crippen LogP contribution in [0.5, 0.6) is 0 Å². The summed E-state index contributed by atoms with van der Waals surface area (Å²) in [6.45, 7) is 6.45. The first-order valence-electron chi connectivity index (χ1n) is 25.8. The van der Waals surface area contributed by atoms with Crippen LogP contribution in [-0.2, 0) is 28.6 Å². The van der Waals surface area contributed by atoms with E-state index in [1.54, 1.807) is 0 Å². The van der Waals surface area contributed by atoms with Crippen molar-refractivity contribution in [2.24, 2.45) is 0 Å². The number of rotatable bonds is 46. The van der Waals surface area contributed by atoms with Gasteiger partial charge in [0.05, 0.1) is 0 Å². The molecule has 0 aliphatic carbocycles. The SMILES string of the molecule is CC/C=C\C/C=C\C/C=C\C/C=C\CCCCCCCCC(=O)OCC(COC(=O)CCCCCCCC)OC(=O)CCCCCCCCC/C=C\CCCCCCCCC. The average Bonchev–Trinajstić information content (AvgIpc) is 3.26. The van der Waals surface area contributed by atoms with E-state index in [-0.39, 0.29) is 31.1 Å². The fraction of sp³-hybridized carbons (Fsp3) is 0.764. The molecule has 0 saturated heterocycles. The molecule has 0 aliphatic heterocycles. The van der Waals surface area contributed by atoms with Gasteiger partial charge in [0.2, 0.25) is 0 Å². The number of carbonyl (C=O) groups is 3. The lowest BCUT2D eigenvalue weighted by Gasteiger charge is -2.18. The highest BCUT2D eigenvalue weighted by Gasteiger charge is 2.19. The van der Waals surface area contributed by atoms with E-state index in [1.807, 2.05) is 0 Å². The highest BCUT2D eigenvalue weighted by Crippen LogP contribution is 2.14. The van der Waals surface area contributed by atoms with Crippen LogP contribution in [0.4, 0.5) is 0 Å². The van der Waals surface area contributed by atoms with Crippen molar-refractivity contribution in [3.05, 3.63) is 60.8 Å². The highest BCUT2D eigenvalue weighted by atomic mass is 16.6. The van der Waals surface area contributed by atoms with E-state index in [2.05, 4.69) is 81.5 Å². The summed E-state index contributed by atoms with van der Waals surface area (Å²) in [5.41, 5.74) is 0. The third-order valence-corrected chi connectivity index (χ3v) is 11.0. The fourth-order valence-electron chi connectivity index (χ4n) is 7.13. The molecule has 61 heavy (non-hydrogen) atoms. The lowest BCUT2D eigenvalue weighted by molar-refractivity contribution is -0.167. The molecule has 0 spiro atoms. The van der Waals surface area contributed by atoms with Crippen LogP contribution in [0.2, 0.25) is 0 Å². The monoisotopic (exact) mass is 853 g/mol. The minimum Gasteiger partial charge on any atom is -0.462 e. The van der Waals surface area contributed by atoms with E-state index in [4.69, 9.17) is 14.2 Å². The summed E-state index contributed by atoms with van der Waals surface area (Å²) in [5.74, 6) is -0.905. The summed E-state index contributed by atoms with van der Waals surface area (Å²) in [7, 11) is 0. The van der Waals surface area contributed by atoms with Crippen LogP contribution in [0, 0.1) is 0 Å². The van der Waals surface area contributed by atoms with E-state index >= 15 is 0 Å². The second-order valence-electron chi connectivity index (χ2n) is 17.1. The predicted octanol–water partition coefficient (Wildman–Crippen LogP) is 16.9. The Balaban J connectivity index is 4.24. The number of esters is 3. The Morgan fingerprint density at radius 1 is 0.344 bits per heavy atom. The quantitative estimate of drug-likeness (QED) is 0.0263. The van der Waals surface area contributed by atoms with E-state index in [9.17, 15) is 14.4 Å². The third-order valence-electron chi connectivity index (χ3n) is 11.0. The number of ether oxygens (including phenoxy) is 3. The zero-order valence-corrected chi connectivity index (χ0v) is 40.2. The van der Waals surface area contributed by atoms with Crippen molar-refractivity contribution in [1.29, 1.82) is 0 Å². The topological polar surface area (TPSA) is 78.9 Å². The zero-order chi connectivity index (χ0) is 44.4. The Kier molecular flexibility index (Phi) is 47.4. The van der Waals surface area contributed by atoms with Crippen molar-refractivity contribution in [3.63, 3.8) is 0 Å². The molecule has 0 rings (SSSR count). The molecule has 1 unspecified atom stereocenters. The second kappa shape index (κ2) is 49.8. The summed E-state index contributed by atoms with van der Waals surface area (Å²) < 4.78 is 16.7. The van der Waals surface area contributed by atoms with E-state index < -0.39 is 6.10 Å². The van der Waals surface area contributed by atoms with Crippen molar-refractivity contribution in [3.8, 4) is 0 Å². The molecule has 0 N–H and O–H groups in total. The van der Waals surface area contributed by atoms with E-state index in [0.717, 1.165) is 89.9 Å². The van der Waals surface area contributed by atoms with Gasteiger partial charge in [-0.15, -0.1) is 0 Å². The molecular weight excluding hydrogens is 757 g/mol. The molecule has 6 heteroatoms. The Bertz CT molecular complexity index is 1120. The standard InChI is InChI=1S/C55H96O6/c1-4-7-10-13-16-18-20-22-24-26-28-30-31-33-35-37-39-42-45-48-54(57)60-51-52(50-59-53(56)47-44-41-15-12-9-6-3)61-55(58)49-46-43-40-38-36-34-32-29-27-25-23-21-19-17-14-11-8-5-2/h7,10,16,18,22,24-25,27-28,30,52H,4-6,8-9,11-15,17,19-21,23,26,29,31-51H2,1-3H3/b10-7-,18-16-,24-22-,27-25-,30-28-. The Morgan fingerprint density at radius 3 is 1.02 bits per heavy atom. The lowest BCUT2D eigenvalue weighted by Crippen LogP contribution is -2.30. The normalized spacial score (nSPS) is 12.5. The second-order valence-corrected chi connectivity index (χ2v) is 17.1. The van der Waals surface area contributed by atoms with Gasteiger partial charge in [-0.2, -0.15) is 0 Å². The van der Waals surface area contributed by atoms with Crippen LogP contribution in [-0.4, -0.2) is 37.2 Å². The van der Waals surface area contributed by atoms with Crippen LogP contribution < -0.4 is 0 Å². The average molecular weight is 853 g/mol. The maximum Gasteiger partial charge on any atom is 0.306 e. The molecule has 0 aromatic carbocycles. The van der Waals surface area contributed by atoms with Gasteiger partial charge >= 0.3 is 17.9 Å². The Hall–Kier alpha value is -2.89. The van der Waals surface area contributed by atoms with Crippen LogP contribution in [0.1, 0.15) is 252 Å². The first-order valence-corrected chi connectivity index (χ1v) is 25.8. The van der Waals surface area contributed by atoms with Crippen molar-refractivity contribution in [2.45, 2.75) is 258 Å². The first kappa shape index (κ1) is 58.1. The number of hydrogen-bond acceptors (Lipinski definition) is 6. The molecule has 0 saturated carbocycles. The van der Waals surface area contributed by atoms with Crippen LogP contribution in [0.15, 0.2) is 60.8 Å². The van der Waals surface area contributed by atoms with Crippen molar-refractivity contribution < 1.29 is 28.6 Å². The van der Waals surface area contributed by atoms with Gasteiger partial charge in [-0.3, -0.25) is 14.4 Å². The van der Waals surface area contributed by atoms with Gasteiger partial charge in [0, 0.05) is 19.3 Å². The fourth-order valence-corrected chi connectivity index (χ4v) is 7.13. The van der Waals surface area contributed by atoms with Gasteiger partial charge in [0.1, 0.15) is 13.2 Å². The summed E-state index contributed by atoms with van der Waals surface area (Å²) >= 11 is 0. The lowest BCUT2D eigenvalue weighted by atomic mass is 10.1. The van der Waals surface area contributed by atoms with Crippen LogP contribution in [0.25, 0.3) is 0 Å². The van der Waals surface area contributed by atoms with Gasteiger partial charge in [0.15, 0.2) is 6.10 Å². The molecule has 0 aromatic heterocycles. The molecule has 0 heterocycles. The summed E-state index contributed by atoms with van der Waals surface area (Å²) in [6, 6.07) is 0. The summed E-state index contributed by atoms with van der Waals surface area (Å²) in [4.78, 5) is 37.7. The molecule has 0 aromatic rings. The minimum atomic E-state index is -0.778. The Morgan fingerprint density at radius 2 is 0.639 bits per heavy atom. The predicted molar refractivity (Wildman–Crippen MR) is 261 cm³/mol. The van der Waals surface area contributed by atoms with Gasteiger partial charge < -0.3 is 14.2 Å². The number of allylic oxidation sites excluding steroid dienone is 10. The van der Waals surface area contributed by atoms with Gasteiger partial charge in [-0.25, -0.2) is 0 Å². The maximum absolute atomic E-state index is 12.8. The summed E-state index contributed by atoms with van der Waals surface area (Å²) in [5, 5.41) is 0. The molecule has 352 valence electrons. The number of unbranched alkanes of at least 4 members (excludes halogenated alkanes) is 25. The molecule has 0 radical (unpaired) electrons. The minimum absolute atomic E-state index is 0.0804. The maximum atomic E-state index is 12.8. The van der Waals surface area contributed by atoms with Crippen molar-refractivity contribution >= 4 is 17.9 Å². The molecule has 0 fully saturated rings. The number of carbonyl (C=O) groups excluding carboxylic acids is 3. The summed E-state index contributed by atoms with van der Waals surface area (Å²) in [6.07, 6.45) is 60.8. The highest BCUT2D eigenvalue weighted by molar-refractivity contribution is 5.71. The molecule has 0 bridgehead atoms. The largest absolute Gasteiger partial charge is 0.462 e. The van der Waals surface area contributed by atoms with Crippen molar-refractivity contribution in [2.75, 3.05) is 13.2 Å². The van der Waals surface area contributed by atoms with E-state index in [1.165, 1.54) is 122 Å². The van der Waals surface area contributed by atoms with Gasteiger partial charge in [-0.05, 0) is 83.5 Å². The molecule has 1 atom stereocenters. The zero-order valence-electron chi connectivity index (χ0n) is 40.2. The van der Waals surface area contributed by atoms with E-state index in [0.29, 0.717) is 19.3 Å². The van der Waals surface area contributed by atoms with Crippen molar-refractivity contribution in [1.82, 2.24) is 0 Å². The van der Waals surface area contributed by atoms with Gasteiger partial charge in [0.25, 0.3) is 0 Å². The van der Waals surface area contributed by atoms with Crippen LogP contribution in [0.3, 0.4) is 0 Å².